The lowest BCUT2D eigenvalue weighted by Gasteiger charge is -2.38. The molecule has 2 aliphatic carbocycles. The minimum atomic E-state index is -0.192. The van der Waals surface area contributed by atoms with Gasteiger partial charge >= 0.3 is 0 Å². The zero-order chi connectivity index (χ0) is 28.3. The van der Waals surface area contributed by atoms with Gasteiger partial charge in [0.25, 0.3) is 0 Å². The standard InChI is InChI=1S/C34H42N4O2/c1-23(2)38(24(3)39)30-16-10-25(11-17-30)20-32(40)37-29-21-31(26-8-5-4-6-9-26)33(36-22-29)27-12-14-28(15-13-27)34(35)18-7-19-34/h4-6,8-9,12-15,21-23,25,30H,7,10-11,16-20,35H2,1-3H3,(H,37,40)/t25-,30-. The van der Waals surface area contributed by atoms with Gasteiger partial charge in [-0.3, -0.25) is 14.6 Å². The Morgan fingerprint density at radius 1 is 1.00 bits per heavy atom. The number of nitrogens with one attached hydrogen (secondary N) is 1. The Morgan fingerprint density at radius 3 is 2.25 bits per heavy atom. The highest BCUT2D eigenvalue weighted by molar-refractivity contribution is 5.93. The Kier molecular flexibility index (Phi) is 8.36. The summed E-state index contributed by atoms with van der Waals surface area (Å²) in [7, 11) is 0. The molecule has 2 saturated carbocycles. The van der Waals surface area contributed by atoms with E-state index in [1.807, 2.05) is 29.2 Å². The van der Waals surface area contributed by atoms with Gasteiger partial charge in [0, 0.05) is 42.1 Å². The molecule has 0 spiro atoms. The van der Waals surface area contributed by atoms with Crippen LogP contribution in [0.4, 0.5) is 5.69 Å². The van der Waals surface area contributed by atoms with Gasteiger partial charge in [-0.2, -0.15) is 0 Å². The van der Waals surface area contributed by atoms with Gasteiger partial charge < -0.3 is 16.0 Å². The van der Waals surface area contributed by atoms with Crippen LogP contribution >= 0.6 is 0 Å². The summed E-state index contributed by atoms with van der Waals surface area (Å²) >= 11 is 0. The summed E-state index contributed by atoms with van der Waals surface area (Å²) in [6.45, 7) is 5.80. The van der Waals surface area contributed by atoms with Crippen LogP contribution in [0.25, 0.3) is 22.4 Å². The topological polar surface area (TPSA) is 88.3 Å². The van der Waals surface area contributed by atoms with Crippen molar-refractivity contribution in [2.75, 3.05) is 5.32 Å². The molecule has 0 saturated heterocycles. The van der Waals surface area contributed by atoms with E-state index in [9.17, 15) is 9.59 Å². The first-order chi connectivity index (χ1) is 19.2. The maximum absolute atomic E-state index is 13.1. The van der Waals surface area contributed by atoms with Crippen molar-refractivity contribution >= 4 is 17.5 Å². The zero-order valence-electron chi connectivity index (χ0n) is 24.0. The van der Waals surface area contributed by atoms with E-state index in [0.717, 1.165) is 60.9 Å². The predicted octanol–water partition coefficient (Wildman–Crippen LogP) is 6.90. The maximum atomic E-state index is 13.1. The lowest BCUT2D eigenvalue weighted by molar-refractivity contribution is -0.134. The summed E-state index contributed by atoms with van der Waals surface area (Å²) in [6, 6.07) is 21.2. The SMILES string of the molecule is CC(=O)N(C(C)C)[C@H]1CC[C@H](CC(=O)Nc2cnc(-c3ccc(C4(N)CCC4)cc3)c(-c3ccccc3)c2)CC1. The number of amides is 2. The van der Waals surface area contributed by atoms with Crippen LogP contribution in [0.3, 0.4) is 0 Å². The molecule has 0 aliphatic heterocycles. The van der Waals surface area contributed by atoms with Crippen molar-refractivity contribution in [3.8, 4) is 22.4 Å². The van der Waals surface area contributed by atoms with Crippen LogP contribution in [-0.2, 0) is 15.1 Å². The van der Waals surface area contributed by atoms with Crippen molar-refractivity contribution in [1.82, 2.24) is 9.88 Å². The molecule has 2 amide bonds. The quantitative estimate of drug-likeness (QED) is 0.327. The van der Waals surface area contributed by atoms with E-state index < -0.39 is 0 Å². The summed E-state index contributed by atoms with van der Waals surface area (Å²) in [5.74, 6) is 0.486. The van der Waals surface area contributed by atoms with Gasteiger partial charge in [-0.1, -0.05) is 54.6 Å². The molecular weight excluding hydrogens is 496 g/mol. The summed E-state index contributed by atoms with van der Waals surface area (Å²) in [4.78, 5) is 32.0. The monoisotopic (exact) mass is 538 g/mol. The number of hydrogen-bond acceptors (Lipinski definition) is 4. The molecule has 6 heteroatoms. The van der Waals surface area contributed by atoms with Gasteiger partial charge in [-0.05, 0) is 81.9 Å². The molecule has 210 valence electrons. The lowest BCUT2D eigenvalue weighted by atomic mass is 9.72. The van der Waals surface area contributed by atoms with Gasteiger partial charge in [0.2, 0.25) is 11.8 Å². The largest absolute Gasteiger partial charge is 0.338 e. The van der Waals surface area contributed by atoms with Crippen LogP contribution in [0.1, 0.15) is 77.7 Å². The maximum Gasteiger partial charge on any atom is 0.224 e. The van der Waals surface area contributed by atoms with Crippen molar-refractivity contribution in [2.24, 2.45) is 11.7 Å². The van der Waals surface area contributed by atoms with E-state index in [1.54, 1.807) is 13.1 Å². The number of nitrogens with zero attached hydrogens (tertiary/aromatic N) is 2. The molecule has 2 aliphatic rings. The number of rotatable bonds is 8. The van der Waals surface area contributed by atoms with Gasteiger partial charge in [0.1, 0.15) is 0 Å². The number of carbonyl (C=O) groups excluding carboxylic acids is 2. The summed E-state index contributed by atoms with van der Waals surface area (Å²) < 4.78 is 0. The van der Waals surface area contributed by atoms with Crippen LogP contribution in [0.2, 0.25) is 0 Å². The predicted molar refractivity (Wildman–Crippen MR) is 161 cm³/mol. The second-order valence-corrected chi connectivity index (χ2v) is 12.0. The minimum Gasteiger partial charge on any atom is -0.338 e. The first kappa shape index (κ1) is 28.0. The van der Waals surface area contributed by atoms with Crippen molar-refractivity contribution in [1.29, 1.82) is 0 Å². The van der Waals surface area contributed by atoms with E-state index in [4.69, 9.17) is 10.7 Å². The average Bonchev–Trinajstić information content (AvgIpc) is 2.93. The van der Waals surface area contributed by atoms with Crippen molar-refractivity contribution < 1.29 is 9.59 Å². The van der Waals surface area contributed by atoms with Crippen LogP contribution in [-0.4, -0.2) is 33.8 Å². The Balaban J connectivity index is 1.28. The van der Waals surface area contributed by atoms with Gasteiger partial charge in [-0.15, -0.1) is 0 Å². The Hall–Kier alpha value is -3.51. The number of carbonyl (C=O) groups is 2. The Labute approximate surface area is 238 Å². The number of aromatic nitrogens is 1. The molecule has 0 bridgehead atoms. The first-order valence-electron chi connectivity index (χ1n) is 14.8. The molecular formula is C34H42N4O2. The van der Waals surface area contributed by atoms with Crippen molar-refractivity contribution in [2.45, 2.75) is 89.8 Å². The average molecular weight is 539 g/mol. The molecule has 1 aromatic heterocycles. The van der Waals surface area contributed by atoms with E-state index in [1.165, 1.54) is 12.0 Å². The van der Waals surface area contributed by atoms with Crippen molar-refractivity contribution in [3.05, 3.63) is 72.4 Å². The Morgan fingerprint density at radius 2 is 1.68 bits per heavy atom. The number of nitrogens with two attached hydrogens (primary N) is 1. The molecule has 0 radical (unpaired) electrons. The molecule has 6 nitrogen and oxygen atoms in total. The third-order valence-corrected chi connectivity index (χ3v) is 8.84. The highest BCUT2D eigenvalue weighted by Crippen LogP contribution is 2.40. The van der Waals surface area contributed by atoms with Gasteiger partial charge in [-0.25, -0.2) is 0 Å². The second kappa shape index (κ2) is 11.9. The molecule has 5 rings (SSSR count). The van der Waals surface area contributed by atoms with E-state index in [0.29, 0.717) is 18.0 Å². The molecule has 2 aromatic carbocycles. The molecule has 40 heavy (non-hydrogen) atoms. The van der Waals surface area contributed by atoms with Crippen LogP contribution < -0.4 is 11.1 Å². The van der Waals surface area contributed by atoms with Crippen LogP contribution in [0.15, 0.2) is 66.9 Å². The normalized spacial score (nSPS) is 20.0. The van der Waals surface area contributed by atoms with Crippen LogP contribution in [0, 0.1) is 5.92 Å². The zero-order valence-corrected chi connectivity index (χ0v) is 24.0. The smallest absolute Gasteiger partial charge is 0.224 e. The molecule has 0 unspecified atom stereocenters. The van der Waals surface area contributed by atoms with E-state index in [-0.39, 0.29) is 29.4 Å². The lowest BCUT2D eigenvalue weighted by Crippen LogP contribution is -2.45. The van der Waals surface area contributed by atoms with Gasteiger partial charge in [0.15, 0.2) is 0 Å². The highest BCUT2D eigenvalue weighted by Gasteiger charge is 2.34. The van der Waals surface area contributed by atoms with Crippen LogP contribution in [0.5, 0.6) is 0 Å². The number of hydrogen-bond donors (Lipinski definition) is 2. The molecule has 2 fully saturated rings. The fourth-order valence-electron chi connectivity index (χ4n) is 6.55. The third kappa shape index (κ3) is 6.12. The molecule has 3 N–H and O–H groups in total. The second-order valence-electron chi connectivity index (χ2n) is 12.0. The van der Waals surface area contributed by atoms with Gasteiger partial charge in [0.05, 0.1) is 17.6 Å². The minimum absolute atomic E-state index is 0.0161. The number of pyridine rings is 1. The fourth-order valence-corrected chi connectivity index (χ4v) is 6.55. The number of benzene rings is 2. The van der Waals surface area contributed by atoms with E-state index in [2.05, 4.69) is 55.6 Å². The third-order valence-electron chi connectivity index (χ3n) is 8.84. The summed E-state index contributed by atoms with van der Waals surface area (Å²) in [5.41, 5.74) is 12.2. The highest BCUT2D eigenvalue weighted by atomic mass is 16.2. The van der Waals surface area contributed by atoms with Crippen molar-refractivity contribution in [3.63, 3.8) is 0 Å². The summed E-state index contributed by atoms with van der Waals surface area (Å²) in [6.07, 6.45) is 9.32. The number of anilines is 1. The molecule has 3 aromatic rings. The molecule has 0 atom stereocenters. The Bertz CT molecular complexity index is 1320. The van der Waals surface area contributed by atoms with E-state index >= 15 is 0 Å². The molecule has 1 heterocycles. The fraction of sp³-hybridized carbons (Fsp3) is 0.441. The summed E-state index contributed by atoms with van der Waals surface area (Å²) in [5, 5.41) is 3.11. The first-order valence-corrected chi connectivity index (χ1v) is 14.8.